The SMILES string of the molecule is C[C@H]1CCCC[C@H]1NC(=O)C[NH+](C)[C@@H]1CCCc2ccccc21. The van der Waals surface area contributed by atoms with Crippen LogP contribution in [0.2, 0.25) is 0 Å². The van der Waals surface area contributed by atoms with E-state index >= 15 is 0 Å². The van der Waals surface area contributed by atoms with E-state index in [0.717, 1.165) is 6.42 Å². The van der Waals surface area contributed by atoms with E-state index in [-0.39, 0.29) is 5.91 Å². The zero-order valence-electron chi connectivity index (χ0n) is 14.6. The molecule has 0 spiro atoms. The molecule has 2 aliphatic carbocycles. The fourth-order valence-corrected chi connectivity index (χ4v) is 4.43. The van der Waals surface area contributed by atoms with E-state index in [0.29, 0.717) is 24.5 Å². The van der Waals surface area contributed by atoms with Crippen LogP contribution in [0.4, 0.5) is 0 Å². The molecule has 2 N–H and O–H groups in total. The number of hydrogen-bond acceptors (Lipinski definition) is 1. The number of carbonyl (C=O) groups excluding carboxylic acids is 1. The molecule has 2 aliphatic rings. The molecule has 0 radical (unpaired) electrons. The Balaban J connectivity index is 1.59. The number of benzene rings is 1. The Labute approximate surface area is 140 Å². The Bertz CT molecular complexity index is 542. The van der Waals surface area contributed by atoms with E-state index in [1.807, 2.05) is 0 Å². The maximum atomic E-state index is 12.5. The zero-order chi connectivity index (χ0) is 16.2. The van der Waals surface area contributed by atoms with Crippen LogP contribution in [0.1, 0.15) is 62.6 Å². The van der Waals surface area contributed by atoms with Gasteiger partial charge in [0.1, 0.15) is 6.04 Å². The summed E-state index contributed by atoms with van der Waals surface area (Å²) in [6.07, 6.45) is 8.59. The molecule has 0 saturated heterocycles. The van der Waals surface area contributed by atoms with Crippen molar-refractivity contribution in [2.45, 2.75) is 64.0 Å². The molecule has 0 aliphatic heterocycles. The smallest absolute Gasteiger partial charge is 0.275 e. The van der Waals surface area contributed by atoms with Gasteiger partial charge in [-0.3, -0.25) is 4.79 Å². The number of rotatable bonds is 4. The second-order valence-corrected chi connectivity index (χ2v) is 7.60. The Kier molecular flexibility index (Phi) is 5.37. The number of likely N-dealkylation sites (N-methyl/N-ethyl adjacent to an activating group) is 1. The van der Waals surface area contributed by atoms with Gasteiger partial charge in [-0.1, -0.05) is 44.0 Å². The molecule has 4 atom stereocenters. The molecule has 1 unspecified atom stereocenters. The average molecular weight is 315 g/mol. The molecule has 1 aromatic rings. The van der Waals surface area contributed by atoms with Gasteiger partial charge in [-0.15, -0.1) is 0 Å². The predicted molar refractivity (Wildman–Crippen MR) is 93.4 cm³/mol. The van der Waals surface area contributed by atoms with Gasteiger partial charge in [0.2, 0.25) is 0 Å². The lowest BCUT2D eigenvalue weighted by molar-refractivity contribution is -0.905. The number of hydrogen-bond donors (Lipinski definition) is 2. The molecular weight excluding hydrogens is 284 g/mol. The number of carbonyl (C=O) groups is 1. The van der Waals surface area contributed by atoms with E-state index in [4.69, 9.17) is 0 Å². The van der Waals surface area contributed by atoms with Crippen molar-refractivity contribution >= 4 is 5.91 Å². The van der Waals surface area contributed by atoms with Gasteiger partial charge in [0.15, 0.2) is 6.54 Å². The van der Waals surface area contributed by atoms with E-state index < -0.39 is 0 Å². The lowest BCUT2D eigenvalue weighted by Crippen LogP contribution is -3.10. The predicted octanol–water partition coefficient (Wildman–Crippen LogP) is 2.27. The minimum atomic E-state index is 0.226. The summed E-state index contributed by atoms with van der Waals surface area (Å²) in [6.45, 7) is 2.86. The molecule has 1 fully saturated rings. The standard InChI is InChI=1S/C20H30N2O/c1-15-8-3-6-12-18(15)21-20(23)14-22(2)19-13-7-10-16-9-4-5-11-17(16)19/h4-5,9,11,15,18-19H,3,6-8,10,12-14H2,1-2H3,(H,21,23)/p+1/t15-,18+,19+/m0/s1. The molecule has 0 aromatic heterocycles. The van der Waals surface area contributed by atoms with Crippen molar-refractivity contribution in [3.8, 4) is 0 Å². The van der Waals surface area contributed by atoms with E-state index in [1.54, 1.807) is 0 Å². The summed E-state index contributed by atoms with van der Waals surface area (Å²) in [4.78, 5) is 13.8. The first-order chi connectivity index (χ1) is 11.1. The highest BCUT2D eigenvalue weighted by molar-refractivity contribution is 5.77. The highest BCUT2D eigenvalue weighted by Gasteiger charge is 2.29. The Hall–Kier alpha value is -1.35. The second-order valence-electron chi connectivity index (χ2n) is 7.60. The van der Waals surface area contributed by atoms with Gasteiger partial charge >= 0.3 is 0 Å². The molecule has 3 nitrogen and oxygen atoms in total. The molecule has 126 valence electrons. The first-order valence-corrected chi connectivity index (χ1v) is 9.34. The van der Waals surface area contributed by atoms with E-state index in [2.05, 4.69) is 43.6 Å². The molecule has 3 rings (SSSR count). The first-order valence-electron chi connectivity index (χ1n) is 9.34. The number of fused-ring (bicyclic) bond motifs is 1. The Morgan fingerprint density at radius 3 is 2.78 bits per heavy atom. The lowest BCUT2D eigenvalue weighted by atomic mass is 9.86. The Morgan fingerprint density at radius 1 is 1.17 bits per heavy atom. The monoisotopic (exact) mass is 315 g/mol. The van der Waals surface area contributed by atoms with Gasteiger partial charge in [0.05, 0.1) is 7.05 Å². The highest BCUT2D eigenvalue weighted by Crippen LogP contribution is 2.27. The summed E-state index contributed by atoms with van der Waals surface area (Å²) in [7, 11) is 2.18. The van der Waals surface area contributed by atoms with Crippen LogP contribution in [0.5, 0.6) is 0 Å². The minimum Gasteiger partial charge on any atom is -0.348 e. The molecule has 23 heavy (non-hydrogen) atoms. The van der Waals surface area contributed by atoms with Crippen LogP contribution >= 0.6 is 0 Å². The largest absolute Gasteiger partial charge is 0.348 e. The summed E-state index contributed by atoms with van der Waals surface area (Å²) in [5.41, 5.74) is 2.93. The van der Waals surface area contributed by atoms with Gasteiger partial charge in [0.25, 0.3) is 5.91 Å². The minimum absolute atomic E-state index is 0.226. The quantitative estimate of drug-likeness (QED) is 0.878. The normalized spacial score (nSPS) is 28.7. The van der Waals surface area contributed by atoms with Crippen LogP contribution in [-0.4, -0.2) is 25.5 Å². The zero-order valence-corrected chi connectivity index (χ0v) is 14.6. The van der Waals surface area contributed by atoms with Crippen LogP contribution in [0.15, 0.2) is 24.3 Å². The lowest BCUT2D eigenvalue weighted by Gasteiger charge is -2.32. The van der Waals surface area contributed by atoms with Crippen LogP contribution in [0.25, 0.3) is 0 Å². The summed E-state index contributed by atoms with van der Waals surface area (Å²) in [5.74, 6) is 0.854. The average Bonchev–Trinajstić information content (AvgIpc) is 2.56. The molecule has 0 heterocycles. The maximum absolute atomic E-state index is 12.5. The van der Waals surface area contributed by atoms with Crippen molar-refractivity contribution < 1.29 is 9.69 Å². The van der Waals surface area contributed by atoms with Crippen LogP contribution in [-0.2, 0) is 11.2 Å². The molecule has 0 bridgehead atoms. The number of nitrogens with one attached hydrogen (secondary N) is 2. The number of amides is 1. The van der Waals surface area contributed by atoms with Gasteiger partial charge in [0, 0.05) is 18.0 Å². The summed E-state index contributed by atoms with van der Waals surface area (Å²) < 4.78 is 0. The van der Waals surface area contributed by atoms with E-state index in [9.17, 15) is 4.79 Å². The highest BCUT2D eigenvalue weighted by atomic mass is 16.2. The van der Waals surface area contributed by atoms with Crippen molar-refractivity contribution in [1.82, 2.24) is 5.32 Å². The third kappa shape index (κ3) is 3.95. The first kappa shape index (κ1) is 16.5. The maximum Gasteiger partial charge on any atom is 0.275 e. The van der Waals surface area contributed by atoms with E-state index in [1.165, 1.54) is 54.6 Å². The molecule has 1 saturated carbocycles. The molecule has 1 amide bonds. The fraction of sp³-hybridized carbons (Fsp3) is 0.650. The third-order valence-electron chi connectivity index (χ3n) is 5.86. The molecule has 3 heteroatoms. The number of aryl methyl sites for hydroxylation is 1. The Morgan fingerprint density at radius 2 is 1.96 bits per heavy atom. The van der Waals surface area contributed by atoms with Gasteiger partial charge in [-0.05, 0) is 37.2 Å². The van der Waals surface area contributed by atoms with Crippen molar-refractivity contribution in [2.75, 3.05) is 13.6 Å². The fourth-order valence-electron chi connectivity index (χ4n) is 4.43. The van der Waals surface area contributed by atoms with Crippen molar-refractivity contribution in [1.29, 1.82) is 0 Å². The van der Waals surface area contributed by atoms with Crippen molar-refractivity contribution in [3.63, 3.8) is 0 Å². The summed E-state index contributed by atoms with van der Waals surface area (Å²) in [6, 6.07) is 9.63. The van der Waals surface area contributed by atoms with Crippen molar-refractivity contribution in [3.05, 3.63) is 35.4 Å². The summed E-state index contributed by atoms with van der Waals surface area (Å²) in [5, 5.41) is 3.30. The second kappa shape index (κ2) is 7.48. The summed E-state index contributed by atoms with van der Waals surface area (Å²) >= 11 is 0. The molecule has 1 aromatic carbocycles. The van der Waals surface area contributed by atoms with Crippen LogP contribution < -0.4 is 10.2 Å². The van der Waals surface area contributed by atoms with Gasteiger partial charge < -0.3 is 10.2 Å². The van der Waals surface area contributed by atoms with Gasteiger partial charge in [-0.2, -0.15) is 0 Å². The van der Waals surface area contributed by atoms with Crippen molar-refractivity contribution in [2.24, 2.45) is 5.92 Å². The topological polar surface area (TPSA) is 33.5 Å². The van der Waals surface area contributed by atoms with Gasteiger partial charge in [-0.25, -0.2) is 0 Å². The third-order valence-corrected chi connectivity index (χ3v) is 5.86. The van der Waals surface area contributed by atoms with Crippen LogP contribution in [0, 0.1) is 5.92 Å². The van der Waals surface area contributed by atoms with Crippen LogP contribution in [0.3, 0.4) is 0 Å². The molecular formula is C20H31N2O+. The number of quaternary nitrogens is 1.